The largest absolute Gasteiger partial charge is 0.355 e. The molecule has 3 nitrogen and oxygen atoms in total. The van der Waals surface area contributed by atoms with Crippen molar-refractivity contribution in [1.29, 1.82) is 5.26 Å². The summed E-state index contributed by atoms with van der Waals surface area (Å²) in [4.78, 5) is 7.01. The molecule has 0 N–H and O–H groups in total. The number of aromatic nitrogens is 1. The van der Waals surface area contributed by atoms with Crippen molar-refractivity contribution in [2.75, 3.05) is 18.0 Å². The Morgan fingerprint density at radius 1 is 1.33 bits per heavy atom. The number of aryl methyl sites for hydroxylation is 1. The van der Waals surface area contributed by atoms with Gasteiger partial charge in [0.1, 0.15) is 5.82 Å². The summed E-state index contributed by atoms with van der Waals surface area (Å²) in [6.45, 7) is 1.80. The molecule has 2 aromatic rings. The zero-order chi connectivity index (χ0) is 12.4. The minimum absolute atomic E-state index is 0.563. The van der Waals surface area contributed by atoms with Crippen LogP contribution in [-0.4, -0.2) is 18.1 Å². The van der Waals surface area contributed by atoms with E-state index >= 15 is 0 Å². The normalized spacial score (nSPS) is 14.3. The van der Waals surface area contributed by atoms with E-state index in [1.165, 1.54) is 10.9 Å². The molecule has 0 radical (unpaired) electrons. The zero-order valence-electron chi connectivity index (χ0n) is 10.3. The highest BCUT2D eigenvalue weighted by molar-refractivity contribution is 5.82. The third kappa shape index (κ3) is 1.91. The van der Waals surface area contributed by atoms with Gasteiger partial charge in [0, 0.05) is 18.5 Å². The Hall–Kier alpha value is -2.08. The fourth-order valence-electron chi connectivity index (χ4n) is 2.58. The SMILES string of the molecule is N#CCCN1CCCc2cc3ccccc3nc21. The lowest BCUT2D eigenvalue weighted by Crippen LogP contribution is -2.31. The van der Waals surface area contributed by atoms with Crippen molar-refractivity contribution in [1.82, 2.24) is 4.98 Å². The highest BCUT2D eigenvalue weighted by Crippen LogP contribution is 2.28. The first kappa shape index (κ1) is 11.0. The lowest BCUT2D eigenvalue weighted by molar-refractivity contribution is 0.684. The Balaban J connectivity index is 2.05. The van der Waals surface area contributed by atoms with Crippen LogP contribution in [0.2, 0.25) is 0 Å². The maximum absolute atomic E-state index is 8.72. The van der Waals surface area contributed by atoms with Crippen LogP contribution in [0.1, 0.15) is 18.4 Å². The summed E-state index contributed by atoms with van der Waals surface area (Å²) in [6, 6.07) is 12.7. The number of pyridine rings is 1. The second-order valence-electron chi connectivity index (χ2n) is 4.66. The maximum atomic E-state index is 8.72. The van der Waals surface area contributed by atoms with Gasteiger partial charge in [-0.05, 0) is 30.5 Å². The second kappa shape index (κ2) is 4.66. The van der Waals surface area contributed by atoms with Crippen LogP contribution in [0.15, 0.2) is 30.3 Å². The van der Waals surface area contributed by atoms with Crippen molar-refractivity contribution in [3.05, 3.63) is 35.9 Å². The van der Waals surface area contributed by atoms with E-state index in [9.17, 15) is 0 Å². The predicted octanol–water partition coefficient (Wildman–Crippen LogP) is 2.90. The highest BCUT2D eigenvalue weighted by Gasteiger charge is 2.18. The number of para-hydroxylation sites is 1. The van der Waals surface area contributed by atoms with Crippen LogP contribution >= 0.6 is 0 Å². The molecule has 18 heavy (non-hydrogen) atoms. The molecule has 1 aromatic carbocycles. The summed E-state index contributed by atoms with van der Waals surface area (Å²) < 4.78 is 0. The molecule has 0 atom stereocenters. The first-order valence-corrected chi connectivity index (χ1v) is 6.39. The lowest BCUT2D eigenvalue weighted by Gasteiger charge is -2.29. The van der Waals surface area contributed by atoms with Crippen LogP contribution in [0.4, 0.5) is 5.82 Å². The van der Waals surface area contributed by atoms with Gasteiger partial charge in [-0.3, -0.25) is 0 Å². The molecule has 1 aliphatic heterocycles. The van der Waals surface area contributed by atoms with Crippen molar-refractivity contribution in [3.63, 3.8) is 0 Å². The molecule has 3 heteroatoms. The number of rotatable bonds is 2. The van der Waals surface area contributed by atoms with Crippen molar-refractivity contribution in [2.24, 2.45) is 0 Å². The molecule has 0 aliphatic carbocycles. The lowest BCUT2D eigenvalue weighted by atomic mass is 10.0. The van der Waals surface area contributed by atoms with E-state index in [1.54, 1.807) is 0 Å². The fourth-order valence-corrected chi connectivity index (χ4v) is 2.58. The van der Waals surface area contributed by atoms with Gasteiger partial charge >= 0.3 is 0 Å². The van der Waals surface area contributed by atoms with Gasteiger partial charge in [-0.15, -0.1) is 0 Å². The first-order chi connectivity index (χ1) is 8.88. The molecule has 0 amide bonds. The fraction of sp³-hybridized carbons (Fsp3) is 0.333. The number of hydrogen-bond donors (Lipinski definition) is 0. The highest BCUT2D eigenvalue weighted by atomic mass is 15.2. The van der Waals surface area contributed by atoms with E-state index in [0.717, 1.165) is 37.3 Å². The van der Waals surface area contributed by atoms with Gasteiger partial charge in [0.05, 0.1) is 18.0 Å². The van der Waals surface area contributed by atoms with Gasteiger partial charge in [-0.1, -0.05) is 18.2 Å². The maximum Gasteiger partial charge on any atom is 0.132 e. The number of nitriles is 1. The average Bonchev–Trinajstić information content (AvgIpc) is 2.43. The Morgan fingerprint density at radius 3 is 3.11 bits per heavy atom. The van der Waals surface area contributed by atoms with Crippen molar-refractivity contribution < 1.29 is 0 Å². The Labute approximate surface area is 107 Å². The minimum Gasteiger partial charge on any atom is -0.355 e. The number of anilines is 1. The molecule has 0 saturated heterocycles. The smallest absolute Gasteiger partial charge is 0.132 e. The molecule has 0 fully saturated rings. The van der Waals surface area contributed by atoms with Crippen molar-refractivity contribution >= 4 is 16.7 Å². The van der Waals surface area contributed by atoms with E-state index in [4.69, 9.17) is 10.2 Å². The third-order valence-electron chi connectivity index (χ3n) is 3.45. The molecule has 3 rings (SSSR count). The van der Waals surface area contributed by atoms with Crippen molar-refractivity contribution in [2.45, 2.75) is 19.3 Å². The van der Waals surface area contributed by atoms with Gasteiger partial charge in [0.25, 0.3) is 0 Å². The molecule has 0 bridgehead atoms. The molecular weight excluding hydrogens is 222 g/mol. The van der Waals surface area contributed by atoms with E-state index < -0.39 is 0 Å². The van der Waals surface area contributed by atoms with Crippen LogP contribution in [-0.2, 0) is 6.42 Å². The molecule has 0 saturated carbocycles. The molecule has 90 valence electrons. The summed E-state index contributed by atoms with van der Waals surface area (Å²) >= 11 is 0. The predicted molar refractivity (Wildman–Crippen MR) is 72.5 cm³/mol. The summed E-state index contributed by atoms with van der Waals surface area (Å²) in [5.74, 6) is 1.08. The standard InChI is InChI=1S/C15H15N3/c16-8-4-10-18-9-3-6-13-11-12-5-1-2-7-14(12)17-15(13)18/h1-2,5,7,11H,3-4,6,9-10H2. The van der Waals surface area contributed by atoms with Crippen LogP contribution in [0.5, 0.6) is 0 Å². The molecule has 1 aliphatic rings. The zero-order valence-corrected chi connectivity index (χ0v) is 10.3. The van der Waals surface area contributed by atoms with Gasteiger partial charge in [0.2, 0.25) is 0 Å². The Bertz CT molecular complexity index is 613. The molecule has 0 spiro atoms. The van der Waals surface area contributed by atoms with E-state index in [2.05, 4.69) is 23.1 Å². The topological polar surface area (TPSA) is 39.9 Å². The van der Waals surface area contributed by atoms with Gasteiger partial charge < -0.3 is 4.90 Å². The minimum atomic E-state index is 0.563. The van der Waals surface area contributed by atoms with Gasteiger partial charge in [0.15, 0.2) is 0 Å². The quantitative estimate of drug-likeness (QED) is 0.806. The molecular formula is C15H15N3. The van der Waals surface area contributed by atoms with Crippen LogP contribution in [0.3, 0.4) is 0 Å². The second-order valence-corrected chi connectivity index (χ2v) is 4.66. The van der Waals surface area contributed by atoms with E-state index in [-0.39, 0.29) is 0 Å². The molecule has 0 unspecified atom stereocenters. The molecule has 2 heterocycles. The number of fused-ring (bicyclic) bond motifs is 2. The first-order valence-electron chi connectivity index (χ1n) is 6.39. The van der Waals surface area contributed by atoms with Gasteiger partial charge in [-0.25, -0.2) is 4.98 Å². The van der Waals surface area contributed by atoms with Crippen LogP contribution < -0.4 is 4.90 Å². The number of benzene rings is 1. The summed E-state index contributed by atoms with van der Waals surface area (Å²) in [5.41, 5.74) is 2.36. The van der Waals surface area contributed by atoms with E-state index in [0.29, 0.717) is 6.42 Å². The van der Waals surface area contributed by atoms with Crippen molar-refractivity contribution in [3.8, 4) is 6.07 Å². The third-order valence-corrected chi connectivity index (χ3v) is 3.45. The number of hydrogen-bond acceptors (Lipinski definition) is 3. The summed E-state index contributed by atoms with van der Waals surface area (Å²) in [5, 5.41) is 9.93. The molecule has 1 aromatic heterocycles. The van der Waals surface area contributed by atoms with Gasteiger partial charge in [-0.2, -0.15) is 5.26 Å². The van der Waals surface area contributed by atoms with Crippen LogP contribution in [0.25, 0.3) is 10.9 Å². The summed E-state index contributed by atoms with van der Waals surface area (Å²) in [7, 11) is 0. The van der Waals surface area contributed by atoms with Crippen LogP contribution in [0, 0.1) is 11.3 Å². The Morgan fingerprint density at radius 2 is 2.22 bits per heavy atom. The average molecular weight is 237 g/mol. The summed E-state index contributed by atoms with van der Waals surface area (Å²) in [6.07, 6.45) is 2.81. The van der Waals surface area contributed by atoms with E-state index in [1.807, 2.05) is 18.2 Å². The monoisotopic (exact) mass is 237 g/mol. The number of nitrogens with zero attached hydrogens (tertiary/aromatic N) is 3. The Kier molecular flexibility index (Phi) is 2.85.